The predicted molar refractivity (Wildman–Crippen MR) is 77.2 cm³/mol. The molecule has 2 N–H and O–H groups in total. The molecule has 0 spiro atoms. The van der Waals surface area contributed by atoms with Crippen molar-refractivity contribution >= 4 is 10.2 Å². The van der Waals surface area contributed by atoms with Gasteiger partial charge in [-0.1, -0.05) is 12.8 Å². The topological polar surface area (TPSA) is 61.4 Å². The van der Waals surface area contributed by atoms with E-state index < -0.39 is 10.2 Å². The number of piperidine rings is 1. The van der Waals surface area contributed by atoms with Gasteiger partial charge in [-0.25, -0.2) is 4.72 Å². The van der Waals surface area contributed by atoms with Crippen LogP contribution in [0.5, 0.6) is 0 Å². The smallest absolute Gasteiger partial charge is 0.279 e. The predicted octanol–water partition coefficient (Wildman–Crippen LogP) is 1.09. The van der Waals surface area contributed by atoms with Gasteiger partial charge in [0.25, 0.3) is 10.2 Å². The Bertz CT molecular complexity index is 345. The van der Waals surface area contributed by atoms with Crippen molar-refractivity contribution < 1.29 is 8.42 Å². The highest BCUT2D eigenvalue weighted by atomic mass is 32.2. The zero-order valence-electron chi connectivity index (χ0n) is 11.7. The van der Waals surface area contributed by atoms with Gasteiger partial charge in [0.1, 0.15) is 0 Å². The van der Waals surface area contributed by atoms with E-state index in [4.69, 9.17) is 0 Å². The molecular weight excluding hydrogens is 262 g/mol. The fourth-order valence-corrected chi connectivity index (χ4v) is 4.23. The summed E-state index contributed by atoms with van der Waals surface area (Å²) in [7, 11) is -3.24. The minimum atomic E-state index is -3.24. The Kier molecular flexibility index (Phi) is 6.06. The SMILES string of the molecule is O=S(=O)(NCCC1CCCNC1)N1CCCCCC1. The summed E-state index contributed by atoms with van der Waals surface area (Å²) in [6, 6.07) is 0. The highest BCUT2D eigenvalue weighted by molar-refractivity contribution is 7.87. The fourth-order valence-electron chi connectivity index (χ4n) is 2.94. The molecule has 112 valence electrons. The first-order valence-electron chi connectivity index (χ1n) is 7.64. The summed E-state index contributed by atoms with van der Waals surface area (Å²) in [5, 5.41) is 3.37. The summed E-state index contributed by atoms with van der Waals surface area (Å²) in [6.07, 6.45) is 7.67. The molecule has 1 atom stereocenters. The van der Waals surface area contributed by atoms with Crippen molar-refractivity contribution in [3.05, 3.63) is 0 Å². The van der Waals surface area contributed by atoms with Gasteiger partial charge in [-0.3, -0.25) is 0 Å². The summed E-state index contributed by atoms with van der Waals surface area (Å²) in [5.41, 5.74) is 0. The van der Waals surface area contributed by atoms with Crippen LogP contribution in [0, 0.1) is 5.92 Å². The lowest BCUT2D eigenvalue weighted by Crippen LogP contribution is -2.42. The third kappa shape index (κ3) is 5.02. The van der Waals surface area contributed by atoms with Crippen molar-refractivity contribution in [3.63, 3.8) is 0 Å². The van der Waals surface area contributed by atoms with Crippen molar-refractivity contribution in [1.82, 2.24) is 14.3 Å². The summed E-state index contributed by atoms with van der Waals surface area (Å²) in [5.74, 6) is 0.626. The normalized spacial score (nSPS) is 27.1. The molecule has 0 aliphatic carbocycles. The molecule has 2 fully saturated rings. The summed E-state index contributed by atoms with van der Waals surface area (Å²) in [6.45, 7) is 4.08. The largest absolute Gasteiger partial charge is 0.316 e. The van der Waals surface area contributed by atoms with Crippen LogP contribution >= 0.6 is 0 Å². The standard InChI is InChI=1S/C13H27N3O2S/c17-19(18,16-10-3-1-2-4-11-16)15-9-7-13-6-5-8-14-12-13/h13-15H,1-12H2. The molecule has 0 aromatic rings. The van der Waals surface area contributed by atoms with E-state index in [2.05, 4.69) is 10.0 Å². The number of hydrogen-bond donors (Lipinski definition) is 2. The van der Waals surface area contributed by atoms with E-state index >= 15 is 0 Å². The minimum absolute atomic E-state index is 0.575. The van der Waals surface area contributed by atoms with Crippen LogP contribution in [0.2, 0.25) is 0 Å². The lowest BCUT2D eigenvalue weighted by Gasteiger charge is -2.24. The first-order valence-corrected chi connectivity index (χ1v) is 9.08. The van der Waals surface area contributed by atoms with Gasteiger partial charge >= 0.3 is 0 Å². The average Bonchev–Trinajstić information content (AvgIpc) is 2.69. The molecule has 2 heterocycles. The lowest BCUT2D eigenvalue weighted by atomic mass is 9.96. The van der Waals surface area contributed by atoms with Gasteiger partial charge < -0.3 is 5.32 Å². The number of rotatable bonds is 5. The van der Waals surface area contributed by atoms with E-state index in [0.29, 0.717) is 25.6 Å². The molecule has 2 saturated heterocycles. The maximum Gasteiger partial charge on any atom is 0.279 e. The molecule has 1 unspecified atom stereocenters. The first kappa shape index (κ1) is 15.2. The highest BCUT2D eigenvalue weighted by Crippen LogP contribution is 2.15. The summed E-state index contributed by atoms with van der Waals surface area (Å²) in [4.78, 5) is 0. The number of nitrogens with zero attached hydrogens (tertiary/aromatic N) is 1. The van der Waals surface area contributed by atoms with E-state index in [-0.39, 0.29) is 0 Å². The van der Waals surface area contributed by atoms with Crippen molar-refractivity contribution in [2.45, 2.75) is 44.9 Å². The Hall–Kier alpha value is -0.170. The number of hydrogen-bond acceptors (Lipinski definition) is 3. The minimum Gasteiger partial charge on any atom is -0.316 e. The molecule has 0 saturated carbocycles. The van der Waals surface area contributed by atoms with Gasteiger partial charge in [0, 0.05) is 19.6 Å². The molecule has 19 heavy (non-hydrogen) atoms. The molecule has 2 aliphatic rings. The monoisotopic (exact) mass is 289 g/mol. The van der Waals surface area contributed by atoms with Gasteiger partial charge in [0.15, 0.2) is 0 Å². The van der Waals surface area contributed by atoms with Crippen molar-refractivity contribution in [2.75, 3.05) is 32.7 Å². The van der Waals surface area contributed by atoms with Crippen molar-refractivity contribution in [2.24, 2.45) is 5.92 Å². The molecule has 5 nitrogen and oxygen atoms in total. The molecule has 0 radical (unpaired) electrons. The van der Waals surface area contributed by atoms with E-state index in [0.717, 1.165) is 45.2 Å². The quantitative estimate of drug-likeness (QED) is 0.796. The van der Waals surface area contributed by atoms with Crippen LogP contribution in [0.3, 0.4) is 0 Å². The summed E-state index contributed by atoms with van der Waals surface area (Å²) >= 11 is 0. The van der Waals surface area contributed by atoms with Gasteiger partial charge in [0.2, 0.25) is 0 Å². The Morgan fingerprint density at radius 1 is 1.11 bits per heavy atom. The van der Waals surface area contributed by atoms with Crippen molar-refractivity contribution in [3.8, 4) is 0 Å². The second kappa shape index (κ2) is 7.57. The Labute approximate surface area is 117 Å². The molecule has 2 rings (SSSR count). The molecule has 0 aromatic carbocycles. The molecular formula is C13H27N3O2S. The van der Waals surface area contributed by atoms with Crippen LogP contribution in [0.15, 0.2) is 0 Å². The van der Waals surface area contributed by atoms with Crippen LogP contribution in [0.1, 0.15) is 44.9 Å². The highest BCUT2D eigenvalue weighted by Gasteiger charge is 2.22. The van der Waals surface area contributed by atoms with Crippen LogP contribution in [-0.2, 0) is 10.2 Å². The molecule has 0 amide bonds. The maximum atomic E-state index is 12.2. The van der Waals surface area contributed by atoms with Crippen LogP contribution in [0.4, 0.5) is 0 Å². The molecule has 2 aliphatic heterocycles. The lowest BCUT2D eigenvalue weighted by molar-refractivity contribution is 0.354. The third-order valence-corrected chi connectivity index (χ3v) is 5.75. The Morgan fingerprint density at radius 3 is 2.47 bits per heavy atom. The van der Waals surface area contributed by atoms with E-state index in [1.54, 1.807) is 4.31 Å². The Balaban J connectivity index is 1.73. The van der Waals surface area contributed by atoms with Gasteiger partial charge in [-0.05, 0) is 51.1 Å². The zero-order chi connectivity index (χ0) is 13.6. The fraction of sp³-hybridized carbons (Fsp3) is 1.00. The molecule has 6 heteroatoms. The first-order chi connectivity index (χ1) is 9.18. The van der Waals surface area contributed by atoms with E-state index in [1.807, 2.05) is 0 Å². The van der Waals surface area contributed by atoms with Gasteiger partial charge in [-0.15, -0.1) is 0 Å². The van der Waals surface area contributed by atoms with Gasteiger partial charge in [0.05, 0.1) is 0 Å². The van der Waals surface area contributed by atoms with E-state index in [1.165, 1.54) is 12.8 Å². The van der Waals surface area contributed by atoms with Crippen LogP contribution in [-0.4, -0.2) is 45.4 Å². The molecule has 0 aromatic heterocycles. The van der Waals surface area contributed by atoms with Gasteiger partial charge in [-0.2, -0.15) is 12.7 Å². The number of nitrogens with one attached hydrogen (secondary N) is 2. The maximum absolute atomic E-state index is 12.2. The molecule has 0 bridgehead atoms. The summed E-state index contributed by atoms with van der Waals surface area (Å²) < 4.78 is 28.8. The average molecular weight is 289 g/mol. The third-order valence-electron chi connectivity index (χ3n) is 4.14. The van der Waals surface area contributed by atoms with Crippen LogP contribution in [0.25, 0.3) is 0 Å². The van der Waals surface area contributed by atoms with E-state index in [9.17, 15) is 8.42 Å². The Morgan fingerprint density at radius 2 is 1.84 bits per heavy atom. The second-order valence-electron chi connectivity index (χ2n) is 5.71. The van der Waals surface area contributed by atoms with Crippen molar-refractivity contribution in [1.29, 1.82) is 0 Å². The second-order valence-corrected chi connectivity index (χ2v) is 7.47. The van der Waals surface area contributed by atoms with Crippen LogP contribution < -0.4 is 10.0 Å². The zero-order valence-corrected chi connectivity index (χ0v) is 12.6.